The Morgan fingerprint density at radius 2 is 2.00 bits per heavy atom. The van der Waals surface area contributed by atoms with Gasteiger partial charge in [0.2, 0.25) is 0 Å². The second kappa shape index (κ2) is 6.51. The molecule has 0 atom stereocenters. The predicted octanol–water partition coefficient (Wildman–Crippen LogP) is 1.51. The number of hydrogen-bond acceptors (Lipinski definition) is 4. The van der Waals surface area contributed by atoms with Gasteiger partial charge in [0.15, 0.2) is 6.61 Å². The van der Waals surface area contributed by atoms with E-state index in [1.54, 1.807) is 36.5 Å². The average Bonchev–Trinajstić information content (AvgIpc) is 2.47. The molecule has 0 aliphatic rings. The number of rotatable bonds is 5. The molecule has 0 bridgehead atoms. The van der Waals surface area contributed by atoms with Gasteiger partial charge in [-0.05, 0) is 30.7 Å². The summed E-state index contributed by atoms with van der Waals surface area (Å²) in [5.74, 6) is -0.243. The van der Waals surface area contributed by atoms with Crippen LogP contribution >= 0.6 is 0 Å². The van der Waals surface area contributed by atoms with Crippen molar-refractivity contribution in [2.24, 2.45) is 5.73 Å². The van der Waals surface area contributed by atoms with E-state index in [2.05, 4.69) is 10.3 Å². The Morgan fingerprint density at radius 3 is 2.67 bits per heavy atom. The molecule has 0 fully saturated rings. The summed E-state index contributed by atoms with van der Waals surface area (Å²) >= 11 is 0. The first-order valence-electron chi connectivity index (χ1n) is 6.30. The molecule has 3 N–H and O–H groups in total. The van der Waals surface area contributed by atoms with Gasteiger partial charge in [0.25, 0.3) is 11.8 Å². The Kier molecular flexibility index (Phi) is 4.50. The van der Waals surface area contributed by atoms with E-state index in [0.29, 0.717) is 17.1 Å². The maximum Gasteiger partial charge on any atom is 0.260 e. The molecule has 0 saturated heterocycles. The van der Waals surface area contributed by atoms with Crippen LogP contribution in [0.2, 0.25) is 0 Å². The molecule has 0 spiro atoms. The lowest BCUT2D eigenvalue weighted by Crippen LogP contribution is -2.21. The minimum atomic E-state index is -0.606. The van der Waals surface area contributed by atoms with Crippen molar-refractivity contribution >= 4 is 17.6 Å². The van der Waals surface area contributed by atoms with Gasteiger partial charge in [-0.15, -0.1) is 0 Å². The molecular formula is C15H15N3O3. The second-order valence-corrected chi connectivity index (χ2v) is 4.43. The van der Waals surface area contributed by atoms with E-state index in [1.165, 1.54) is 0 Å². The standard InChI is InChI=1S/C15H15N3O3/c1-10-6-7-14(17-8-10)18-15(20)11-4-2-3-5-12(11)21-9-13(16)19/h2-8H,9H2,1H3,(H2,16,19)(H,17,18,20). The van der Waals surface area contributed by atoms with Crippen molar-refractivity contribution in [3.63, 3.8) is 0 Å². The van der Waals surface area contributed by atoms with E-state index in [0.717, 1.165) is 5.56 Å². The summed E-state index contributed by atoms with van der Waals surface area (Å²) in [5.41, 5.74) is 6.33. The fourth-order valence-corrected chi connectivity index (χ4v) is 1.65. The van der Waals surface area contributed by atoms with Crippen LogP contribution in [-0.4, -0.2) is 23.4 Å². The number of ether oxygens (including phenoxy) is 1. The van der Waals surface area contributed by atoms with Gasteiger partial charge in [-0.25, -0.2) is 4.98 Å². The lowest BCUT2D eigenvalue weighted by Gasteiger charge is -2.10. The molecule has 1 aromatic carbocycles. The molecule has 1 heterocycles. The molecule has 21 heavy (non-hydrogen) atoms. The minimum Gasteiger partial charge on any atom is -0.483 e. The zero-order valence-electron chi connectivity index (χ0n) is 11.5. The summed E-state index contributed by atoms with van der Waals surface area (Å²) in [7, 11) is 0. The molecule has 0 saturated carbocycles. The van der Waals surface area contributed by atoms with E-state index < -0.39 is 5.91 Å². The number of aromatic nitrogens is 1. The second-order valence-electron chi connectivity index (χ2n) is 4.43. The Balaban J connectivity index is 2.14. The highest BCUT2D eigenvalue weighted by molar-refractivity contribution is 6.05. The highest BCUT2D eigenvalue weighted by Crippen LogP contribution is 2.19. The molecule has 0 aliphatic carbocycles. The molecule has 0 radical (unpaired) electrons. The van der Waals surface area contributed by atoms with Gasteiger partial charge in [-0.2, -0.15) is 0 Å². The highest BCUT2D eigenvalue weighted by Gasteiger charge is 2.13. The number of primary amides is 1. The third-order valence-corrected chi connectivity index (χ3v) is 2.65. The number of para-hydroxylation sites is 1. The maximum absolute atomic E-state index is 12.2. The zero-order chi connectivity index (χ0) is 15.2. The third-order valence-electron chi connectivity index (χ3n) is 2.65. The molecular weight excluding hydrogens is 270 g/mol. The number of nitrogens with two attached hydrogens (primary N) is 1. The van der Waals surface area contributed by atoms with Crippen LogP contribution in [0.25, 0.3) is 0 Å². The minimum absolute atomic E-state index is 0.285. The van der Waals surface area contributed by atoms with Gasteiger partial charge < -0.3 is 15.8 Å². The van der Waals surface area contributed by atoms with Crippen LogP contribution in [0.15, 0.2) is 42.6 Å². The average molecular weight is 285 g/mol. The lowest BCUT2D eigenvalue weighted by atomic mass is 10.2. The fourth-order valence-electron chi connectivity index (χ4n) is 1.65. The maximum atomic E-state index is 12.2. The van der Waals surface area contributed by atoms with Gasteiger partial charge >= 0.3 is 0 Å². The molecule has 6 nitrogen and oxygen atoms in total. The molecule has 2 amide bonds. The molecule has 0 aliphatic heterocycles. The van der Waals surface area contributed by atoms with Gasteiger partial charge in [-0.3, -0.25) is 9.59 Å². The molecule has 0 unspecified atom stereocenters. The SMILES string of the molecule is Cc1ccc(NC(=O)c2ccccc2OCC(N)=O)nc1. The Labute approximate surface area is 121 Å². The van der Waals surface area contributed by atoms with Crippen molar-refractivity contribution in [2.45, 2.75) is 6.92 Å². The Hall–Kier alpha value is -2.89. The van der Waals surface area contributed by atoms with Crippen molar-refractivity contribution in [3.05, 3.63) is 53.7 Å². The number of pyridine rings is 1. The summed E-state index contributed by atoms with van der Waals surface area (Å²) in [4.78, 5) is 27.1. The smallest absolute Gasteiger partial charge is 0.260 e. The molecule has 108 valence electrons. The summed E-state index contributed by atoms with van der Waals surface area (Å²) in [6.45, 7) is 1.62. The van der Waals surface area contributed by atoms with Crippen molar-refractivity contribution in [1.82, 2.24) is 4.98 Å². The van der Waals surface area contributed by atoms with Gasteiger partial charge in [-0.1, -0.05) is 18.2 Å². The number of aryl methyl sites for hydroxylation is 1. The number of hydrogen-bond donors (Lipinski definition) is 2. The van der Waals surface area contributed by atoms with E-state index in [9.17, 15) is 9.59 Å². The van der Waals surface area contributed by atoms with E-state index in [1.807, 2.05) is 13.0 Å². The van der Waals surface area contributed by atoms with Gasteiger partial charge in [0.1, 0.15) is 11.6 Å². The van der Waals surface area contributed by atoms with Gasteiger partial charge in [0, 0.05) is 6.20 Å². The molecule has 6 heteroatoms. The summed E-state index contributed by atoms with van der Waals surface area (Å²) < 4.78 is 5.22. The number of amides is 2. The van der Waals surface area contributed by atoms with E-state index >= 15 is 0 Å². The Bertz CT molecular complexity index is 653. The van der Waals surface area contributed by atoms with Crippen molar-refractivity contribution < 1.29 is 14.3 Å². The first-order chi connectivity index (χ1) is 10.1. The summed E-state index contributed by atoms with van der Waals surface area (Å²) in [6.07, 6.45) is 1.66. The van der Waals surface area contributed by atoms with Crippen LogP contribution in [0.3, 0.4) is 0 Å². The largest absolute Gasteiger partial charge is 0.483 e. The zero-order valence-corrected chi connectivity index (χ0v) is 11.5. The number of carbonyl (C=O) groups excluding carboxylic acids is 2. The first-order valence-corrected chi connectivity index (χ1v) is 6.30. The number of nitrogens with one attached hydrogen (secondary N) is 1. The molecule has 1 aromatic heterocycles. The van der Waals surface area contributed by atoms with Crippen molar-refractivity contribution in [3.8, 4) is 5.75 Å². The monoisotopic (exact) mass is 285 g/mol. The van der Waals surface area contributed by atoms with Crippen molar-refractivity contribution in [1.29, 1.82) is 0 Å². The summed E-state index contributed by atoms with van der Waals surface area (Å²) in [5, 5.41) is 2.67. The number of carbonyl (C=O) groups is 2. The predicted molar refractivity (Wildman–Crippen MR) is 78.1 cm³/mol. The molecule has 2 aromatic rings. The number of anilines is 1. The topological polar surface area (TPSA) is 94.3 Å². The van der Waals surface area contributed by atoms with Crippen molar-refractivity contribution in [2.75, 3.05) is 11.9 Å². The number of nitrogens with zero attached hydrogens (tertiary/aromatic N) is 1. The first kappa shape index (κ1) is 14.5. The van der Waals surface area contributed by atoms with Gasteiger partial charge in [0.05, 0.1) is 5.56 Å². The van der Waals surface area contributed by atoms with Crippen LogP contribution in [0.1, 0.15) is 15.9 Å². The lowest BCUT2D eigenvalue weighted by molar-refractivity contribution is -0.119. The normalized spacial score (nSPS) is 9.95. The fraction of sp³-hybridized carbons (Fsp3) is 0.133. The van der Waals surface area contributed by atoms with E-state index in [4.69, 9.17) is 10.5 Å². The number of benzene rings is 1. The summed E-state index contributed by atoms with van der Waals surface area (Å²) in [6, 6.07) is 10.2. The van der Waals surface area contributed by atoms with Crippen LogP contribution < -0.4 is 15.8 Å². The third kappa shape index (κ3) is 4.04. The van der Waals surface area contributed by atoms with E-state index in [-0.39, 0.29) is 12.5 Å². The van der Waals surface area contributed by atoms with Crippen LogP contribution in [0, 0.1) is 6.92 Å². The van der Waals surface area contributed by atoms with Crippen LogP contribution in [-0.2, 0) is 4.79 Å². The highest BCUT2D eigenvalue weighted by atomic mass is 16.5. The quantitative estimate of drug-likeness (QED) is 0.870. The Morgan fingerprint density at radius 1 is 1.24 bits per heavy atom. The molecule has 2 rings (SSSR count). The van der Waals surface area contributed by atoms with Crippen LogP contribution in [0.5, 0.6) is 5.75 Å². The van der Waals surface area contributed by atoms with Crippen LogP contribution in [0.4, 0.5) is 5.82 Å².